The molecule has 6 N–H and O–H groups in total. The molecule has 0 aliphatic carbocycles. The molecule has 0 aromatic heterocycles. The van der Waals surface area contributed by atoms with E-state index in [2.05, 4.69) is 9.80 Å². The van der Waals surface area contributed by atoms with Crippen molar-refractivity contribution in [2.45, 2.75) is 18.3 Å². The Labute approximate surface area is 183 Å². The molecule has 168 valence electrons. The highest BCUT2D eigenvalue weighted by Gasteiger charge is 2.36. The van der Waals surface area contributed by atoms with Crippen molar-refractivity contribution in [3.8, 4) is 0 Å². The van der Waals surface area contributed by atoms with Gasteiger partial charge in [-0.2, -0.15) is 0 Å². The van der Waals surface area contributed by atoms with Crippen molar-refractivity contribution >= 4 is 23.3 Å². The van der Waals surface area contributed by atoms with Gasteiger partial charge >= 0.3 is 11.9 Å². The molecule has 31 heavy (non-hydrogen) atoms. The molecule has 0 spiro atoms. The van der Waals surface area contributed by atoms with Crippen LogP contribution in [-0.4, -0.2) is 73.2 Å². The number of hydrogen-bond acceptors (Lipinski definition) is 6. The molecule has 0 amide bonds. The molecule has 0 saturated carbocycles. The molecule has 2 aromatic carbocycles. The van der Waals surface area contributed by atoms with Gasteiger partial charge < -0.3 is 31.5 Å². The number of carbonyl (C=O) groups is 2. The van der Waals surface area contributed by atoms with Gasteiger partial charge in [0.15, 0.2) is 0 Å². The summed E-state index contributed by atoms with van der Waals surface area (Å²) in [5.74, 6) is -2.20. The van der Waals surface area contributed by atoms with E-state index in [1.165, 1.54) is 0 Å². The van der Waals surface area contributed by atoms with Crippen LogP contribution in [0.15, 0.2) is 36.4 Å². The fourth-order valence-electron chi connectivity index (χ4n) is 3.78. The minimum Gasteiger partial charge on any atom is -0.478 e. The zero-order valence-corrected chi connectivity index (χ0v) is 18.6. The van der Waals surface area contributed by atoms with Gasteiger partial charge in [-0.3, -0.25) is 0 Å². The van der Waals surface area contributed by atoms with Crippen LogP contribution in [0.1, 0.15) is 44.7 Å². The summed E-state index contributed by atoms with van der Waals surface area (Å²) in [6.45, 7) is 1.43. The second kappa shape index (κ2) is 9.80. The number of benzene rings is 2. The maximum atomic E-state index is 11.8. The third-order valence-electron chi connectivity index (χ3n) is 5.64. The molecule has 0 aliphatic rings. The van der Waals surface area contributed by atoms with Crippen LogP contribution in [0.2, 0.25) is 0 Å². The second-order valence-electron chi connectivity index (χ2n) is 8.40. The number of anilines is 2. The predicted molar refractivity (Wildman–Crippen MR) is 123 cm³/mol. The molecule has 0 fully saturated rings. The maximum absolute atomic E-state index is 11.8. The molecular weight excluding hydrogens is 396 g/mol. The number of carboxylic acid groups (broad SMARTS) is 2. The summed E-state index contributed by atoms with van der Waals surface area (Å²) in [6.07, 6.45) is 1.31. The Morgan fingerprint density at radius 1 is 0.774 bits per heavy atom. The first-order chi connectivity index (χ1) is 14.5. The lowest BCUT2D eigenvalue weighted by atomic mass is 9.68. The van der Waals surface area contributed by atoms with Gasteiger partial charge in [-0.05, 0) is 89.5 Å². The molecule has 0 radical (unpaired) electrons. The van der Waals surface area contributed by atoms with Crippen molar-refractivity contribution in [1.82, 2.24) is 9.80 Å². The molecule has 2 aromatic rings. The number of carboxylic acids is 2. The Balaban J connectivity index is 2.80. The van der Waals surface area contributed by atoms with Crippen molar-refractivity contribution in [1.29, 1.82) is 0 Å². The average Bonchev–Trinajstić information content (AvgIpc) is 2.68. The topological polar surface area (TPSA) is 133 Å². The van der Waals surface area contributed by atoms with Gasteiger partial charge in [0.05, 0.1) is 11.1 Å². The number of aromatic carboxylic acids is 2. The van der Waals surface area contributed by atoms with Gasteiger partial charge in [0.1, 0.15) is 0 Å². The minimum absolute atomic E-state index is 0.0329. The minimum atomic E-state index is -1.10. The number of nitrogen functional groups attached to an aromatic ring is 2. The van der Waals surface area contributed by atoms with Crippen molar-refractivity contribution in [2.24, 2.45) is 0 Å². The smallest absolute Gasteiger partial charge is 0.337 e. The largest absolute Gasteiger partial charge is 0.478 e. The molecule has 8 heteroatoms. The monoisotopic (exact) mass is 428 g/mol. The molecule has 0 aliphatic heterocycles. The van der Waals surface area contributed by atoms with Gasteiger partial charge in [0.25, 0.3) is 0 Å². The molecular formula is C23H32N4O4. The normalized spacial score (nSPS) is 11.8. The van der Waals surface area contributed by atoms with Crippen LogP contribution in [0.25, 0.3) is 0 Å². The average molecular weight is 429 g/mol. The van der Waals surface area contributed by atoms with Gasteiger partial charge in [0.2, 0.25) is 0 Å². The van der Waals surface area contributed by atoms with E-state index in [0.717, 1.165) is 11.1 Å². The highest BCUT2D eigenvalue weighted by Crippen LogP contribution is 2.41. The molecule has 0 bridgehead atoms. The summed E-state index contributed by atoms with van der Waals surface area (Å²) < 4.78 is 0. The van der Waals surface area contributed by atoms with E-state index in [-0.39, 0.29) is 22.5 Å². The van der Waals surface area contributed by atoms with Gasteiger partial charge in [-0.25, -0.2) is 9.59 Å². The SMILES string of the molecule is CN(C)CCC(CCN(C)C)(c1ccc(N)c(C(=O)O)c1)c1ccc(N)c(C(=O)O)c1. The second-order valence-corrected chi connectivity index (χ2v) is 8.40. The van der Waals surface area contributed by atoms with E-state index in [9.17, 15) is 19.8 Å². The first-order valence-electron chi connectivity index (χ1n) is 10.0. The molecule has 0 atom stereocenters. The summed E-state index contributed by atoms with van der Waals surface area (Å²) >= 11 is 0. The maximum Gasteiger partial charge on any atom is 0.337 e. The Bertz CT molecular complexity index is 879. The number of nitrogens with two attached hydrogens (primary N) is 2. The van der Waals surface area contributed by atoms with Crippen LogP contribution in [0, 0.1) is 0 Å². The third kappa shape index (κ3) is 5.53. The van der Waals surface area contributed by atoms with Crippen molar-refractivity contribution in [3.05, 3.63) is 58.7 Å². The van der Waals surface area contributed by atoms with E-state index in [1.54, 1.807) is 24.3 Å². The molecule has 0 unspecified atom stereocenters. The molecule has 0 heterocycles. The van der Waals surface area contributed by atoms with Crippen LogP contribution < -0.4 is 11.5 Å². The Hall–Kier alpha value is -3.10. The van der Waals surface area contributed by atoms with E-state index in [1.807, 2.05) is 40.3 Å². The van der Waals surface area contributed by atoms with Gasteiger partial charge in [0, 0.05) is 16.8 Å². The lowest BCUT2D eigenvalue weighted by Gasteiger charge is -2.38. The predicted octanol–water partition coefficient (Wildman–Crippen LogP) is 2.44. The number of rotatable bonds is 10. The van der Waals surface area contributed by atoms with Crippen LogP contribution in [0.3, 0.4) is 0 Å². The molecule has 0 saturated heterocycles. The highest BCUT2D eigenvalue weighted by atomic mass is 16.4. The van der Waals surface area contributed by atoms with Crippen LogP contribution in [0.4, 0.5) is 11.4 Å². The zero-order chi connectivity index (χ0) is 23.3. The van der Waals surface area contributed by atoms with Crippen LogP contribution >= 0.6 is 0 Å². The summed E-state index contributed by atoms with van der Waals surface area (Å²) in [5, 5.41) is 19.3. The zero-order valence-electron chi connectivity index (χ0n) is 18.6. The Morgan fingerprint density at radius 2 is 1.13 bits per heavy atom. The van der Waals surface area contributed by atoms with Gasteiger partial charge in [-0.15, -0.1) is 0 Å². The summed E-state index contributed by atoms with van der Waals surface area (Å²) in [6, 6.07) is 10.1. The lowest BCUT2D eigenvalue weighted by molar-refractivity contribution is 0.0687. The highest BCUT2D eigenvalue weighted by molar-refractivity contribution is 5.94. The lowest BCUT2D eigenvalue weighted by Crippen LogP contribution is -2.36. The van der Waals surface area contributed by atoms with Crippen LogP contribution in [0.5, 0.6) is 0 Å². The number of nitrogens with zero attached hydrogens (tertiary/aromatic N) is 2. The summed E-state index contributed by atoms with van der Waals surface area (Å²) in [4.78, 5) is 27.6. The first kappa shape index (κ1) is 24.2. The number of hydrogen-bond donors (Lipinski definition) is 4. The Morgan fingerprint density at radius 3 is 1.42 bits per heavy atom. The van der Waals surface area contributed by atoms with E-state index < -0.39 is 17.4 Å². The fourth-order valence-corrected chi connectivity index (χ4v) is 3.78. The fraction of sp³-hybridized carbons (Fsp3) is 0.391. The van der Waals surface area contributed by atoms with Crippen molar-refractivity contribution in [2.75, 3.05) is 52.7 Å². The first-order valence-corrected chi connectivity index (χ1v) is 10.0. The van der Waals surface area contributed by atoms with Crippen molar-refractivity contribution < 1.29 is 19.8 Å². The van der Waals surface area contributed by atoms with Gasteiger partial charge in [-0.1, -0.05) is 12.1 Å². The Kier molecular flexibility index (Phi) is 7.65. The molecule has 8 nitrogen and oxygen atoms in total. The molecule has 2 rings (SSSR count). The van der Waals surface area contributed by atoms with E-state index in [4.69, 9.17) is 11.5 Å². The summed E-state index contributed by atoms with van der Waals surface area (Å²) in [5.41, 5.74) is 13.2. The standard InChI is InChI=1S/C23H32N4O4/c1-26(2)11-9-23(10-12-27(3)4,15-5-7-19(24)17(13-15)21(28)29)16-6-8-20(25)18(14-16)22(30)31/h5-8,13-14H,9-12,24-25H2,1-4H3,(H,28,29)(H,30,31). The summed E-state index contributed by atoms with van der Waals surface area (Å²) in [7, 11) is 7.87. The van der Waals surface area contributed by atoms with Crippen LogP contribution in [-0.2, 0) is 5.41 Å². The van der Waals surface area contributed by atoms with E-state index >= 15 is 0 Å². The quantitative estimate of drug-likeness (QED) is 0.424. The van der Waals surface area contributed by atoms with Crippen molar-refractivity contribution in [3.63, 3.8) is 0 Å². The van der Waals surface area contributed by atoms with E-state index in [0.29, 0.717) is 25.9 Å². The third-order valence-corrected chi connectivity index (χ3v) is 5.64.